The van der Waals surface area contributed by atoms with Gasteiger partial charge in [0.15, 0.2) is 0 Å². The molecule has 1 saturated heterocycles. The van der Waals surface area contributed by atoms with Crippen molar-refractivity contribution in [2.45, 2.75) is 46.6 Å². The van der Waals surface area contributed by atoms with E-state index in [1.165, 1.54) is 11.4 Å². The summed E-state index contributed by atoms with van der Waals surface area (Å²) in [4.78, 5) is 16.2. The molecule has 1 aliphatic heterocycles. The van der Waals surface area contributed by atoms with E-state index >= 15 is 0 Å². The quantitative estimate of drug-likeness (QED) is 0.212. The molecule has 1 fully saturated rings. The molecule has 190 valence electrons. The molecule has 1 aliphatic rings. The molecule has 0 unspecified atom stereocenters. The highest BCUT2D eigenvalue weighted by molar-refractivity contribution is 6.35. The Morgan fingerprint density at radius 1 is 1.03 bits per heavy atom. The number of nitrogens with zero attached hydrogens (tertiary/aromatic N) is 2. The Balaban J connectivity index is 1.78. The summed E-state index contributed by atoms with van der Waals surface area (Å²) in [5.41, 5.74) is 3.60. The van der Waals surface area contributed by atoms with Crippen molar-refractivity contribution in [2.24, 2.45) is 0 Å². The zero-order chi connectivity index (χ0) is 24.8. The van der Waals surface area contributed by atoms with Crippen molar-refractivity contribution in [2.75, 3.05) is 52.4 Å². The summed E-state index contributed by atoms with van der Waals surface area (Å²) in [6, 6.07) is 5.70. The summed E-state index contributed by atoms with van der Waals surface area (Å²) in [5.74, 6) is -0.199. The highest BCUT2D eigenvalue weighted by Crippen LogP contribution is 2.26. The van der Waals surface area contributed by atoms with Crippen LogP contribution in [0.5, 0.6) is 0 Å². The molecule has 0 aromatic heterocycles. The van der Waals surface area contributed by atoms with Gasteiger partial charge in [-0.3, -0.25) is 9.69 Å². The van der Waals surface area contributed by atoms with E-state index in [0.717, 1.165) is 80.7 Å². The molecule has 8 heteroatoms. The predicted octanol–water partition coefficient (Wildman–Crippen LogP) is 4.83. The van der Waals surface area contributed by atoms with Crippen molar-refractivity contribution in [1.82, 2.24) is 20.4 Å². The van der Waals surface area contributed by atoms with Gasteiger partial charge in [0.2, 0.25) is 0 Å². The minimum absolute atomic E-state index is 0.199. The van der Waals surface area contributed by atoms with E-state index in [4.69, 9.17) is 27.9 Å². The molecule has 0 aliphatic carbocycles. The third-order valence-electron chi connectivity index (χ3n) is 5.90. The molecule has 0 saturated carbocycles. The summed E-state index contributed by atoms with van der Waals surface area (Å²) >= 11 is 12.7. The number of allylic oxidation sites excluding steroid dienone is 4. The zero-order valence-corrected chi connectivity index (χ0v) is 22.4. The SMILES string of the molecule is CCOC(=O)CNCCCN/C(=C/C=C(\CC)N1CCN(Cc2c(Cl)cccc2Cl)CC1)CC. The average molecular weight is 512 g/mol. The standard InChI is InChI=1S/C26H40Cl2N4O2/c1-4-21(30-14-8-13-29-19-26(33)34-6-3)11-12-22(5-2)32-17-15-31(16-18-32)20-23-24(27)9-7-10-25(23)28/h7,9-12,29-30H,4-6,8,13-20H2,1-3H3/b21-11+,22-12+. The monoisotopic (exact) mass is 510 g/mol. The zero-order valence-electron chi connectivity index (χ0n) is 20.8. The number of carbonyl (C=O) groups is 1. The number of nitrogens with one attached hydrogen (secondary N) is 2. The highest BCUT2D eigenvalue weighted by atomic mass is 35.5. The lowest BCUT2D eigenvalue weighted by Crippen LogP contribution is -2.45. The van der Waals surface area contributed by atoms with Crippen molar-refractivity contribution in [3.8, 4) is 0 Å². The Bertz CT molecular complexity index is 801. The van der Waals surface area contributed by atoms with Crippen LogP contribution in [0.1, 0.15) is 45.6 Å². The van der Waals surface area contributed by atoms with E-state index in [-0.39, 0.29) is 12.5 Å². The average Bonchev–Trinajstić information content (AvgIpc) is 2.83. The molecular formula is C26H40Cl2N4O2. The van der Waals surface area contributed by atoms with Crippen LogP contribution in [0, 0.1) is 0 Å². The Hall–Kier alpha value is -1.73. The fraction of sp³-hybridized carbons (Fsp3) is 0.577. The van der Waals surface area contributed by atoms with Gasteiger partial charge < -0.3 is 20.3 Å². The smallest absolute Gasteiger partial charge is 0.319 e. The van der Waals surface area contributed by atoms with Gasteiger partial charge >= 0.3 is 5.97 Å². The summed E-state index contributed by atoms with van der Waals surface area (Å²) in [6.07, 6.45) is 7.36. The first-order chi connectivity index (χ1) is 16.5. The topological polar surface area (TPSA) is 56.8 Å². The van der Waals surface area contributed by atoms with Gasteiger partial charge in [-0.25, -0.2) is 0 Å². The van der Waals surface area contributed by atoms with E-state index in [1.54, 1.807) is 0 Å². The van der Waals surface area contributed by atoms with Crippen molar-refractivity contribution in [3.63, 3.8) is 0 Å². The van der Waals surface area contributed by atoms with Gasteiger partial charge in [-0.05, 0) is 57.0 Å². The van der Waals surface area contributed by atoms with Crippen molar-refractivity contribution in [1.29, 1.82) is 0 Å². The third-order valence-corrected chi connectivity index (χ3v) is 6.61. The van der Waals surface area contributed by atoms with E-state index in [2.05, 4.69) is 46.4 Å². The number of esters is 1. The number of hydrogen-bond acceptors (Lipinski definition) is 6. The number of hydrogen-bond donors (Lipinski definition) is 2. The molecule has 0 radical (unpaired) electrons. The van der Waals surface area contributed by atoms with Gasteiger partial charge in [0.1, 0.15) is 0 Å². The van der Waals surface area contributed by atoms with Gasteiger partial charge in [-0.1, -0.05) is 43.1 Å². The van der Waals surface area contributed by atoms with E-state index in [9.17, 15) is 4.79 Å². The van der Waals surface area contributed by atoms with Crippen LogP contribution in [0.15, 0.2) is 41.7 Å². The van der Waals surface area contributed by atoms with Crippen LogP contribution in [0.4, 0.5) is 0 Å². The van der Waals surface area contributed by atoms with Crippen LogP contribution in [-0.2, 0) is 16.1 Å². The molecule has 0 amide bonds. The third kappa shape index (κ3) is 9.87. The summed E-state index contributed by atoms with van der Waals surface area (Å²) in [7, 11) is 0. The number of ether oxygens (including phenoxy) is 1. The molecule has 1 aromatic carbocycles. The van der Waals surface area contributed by atoms with Gasteiger partial charge in [0.25, 0.3) is 0 Å². The molecule has 34 heavy (non-hydrogen) atoms. The van der Waals surface area contributed by atoms with Crippen LogP contribution < -0.4 is 10.6 Å². The fourth-order valence-electron chi connectivity index (χ4n) is 3.91. The largest absolute Gasteiger partial charge is 0.465 e. The van der Waals surface area contributed by atoms with Crippen LogP contribution in [0.3, 0.4) is 0 Å². The second-order valence-corrected chi connectivity index (χ2v) is 9.10. The fourth-order valence-corrected chi connectivity index (χ4v) is 4.43. The van der Waals surface area contributed by atoms with E-state index < -0.39 is 0 Å². The first-order valence-corrected chi connectivity index (χ1v) is 13.1. The second-order valence-electron chi connectivity index (χ2n) is 8.28. The molecule has 2 rings (SSSR count). The van der Waals surface area contributed by atoms with Crippen molar-refractivity contribution in [3.05, 3.63) is 57.4 Å². The van der Waals surface area contributed by atoms with Crippen molar-refractivity contribution < 1.29 is 9.53 Å². The predicted molar refractivity (Wildman–Crippen MR) is 142 cm³/mol. The molecule has 2 N–H and O–H groups in total. The Kier molecular flexibility index (Phi) is 13.4. The molecule has 1 heterocycles. The lowest BCUT2D eigenvalue weighted by Gasteiger charge is -2.37. The number of halogens is 2. The first kappa shape index (κ1) is 28.5. The Morgan fingerprint density at radius 3 is 2.35 bits per heavy atom. The van der Waals surface area contributed by atoms with Gasteiger partial charge in [-0.15, -0.1) is 0 Å². The molecule has 6 nitrogen and oxygen atoms in total. The maximum atomic E-state index is 11.3. The van der Waals surface area contributed by atoms with Crippen molar-refractivity contribution >= 4 is 29.2 Å². The number of rotatable bonds is 14. The lowest BCUT2D eigenvalue weighted by molar-refractivity contribution is -0.141. The normalized spacial score (nSPS) is 15.5. The van der Waals surface area contributed by atoms with Crippen LogP contribution >= 0.6 is 23.2 Å². The van der Waals surface area contributed by atoms with E-state index in [1.807, 2.05) is 25.1 Å². The van der Waals surface area contributed by atoms with Crippen LogP contribution in [0.25, 0.3) is 0 Å². The maximum Gasteiger partial charge on any atom is 0.319 e. The Morgan fingerprint density at radius 2 is 1.74 bits per heavy atom. The van der Waals surface area contributed by atoms with Gasteiger partial charge in [-0.2, -0.15) is 0 Å². The summed E-state index contributed by atoms with van der Waals surface area (Å²) < 4.78 is 4.91. The van der Waals surface area contributed by atoms with E-state index in [0.29, 0.717) is 6.61 Å². The maximum absolute atomic E-state index is 11.3. The van der Waals surface area contributed by atoms with Gasteiger partial charge in [0, 0.05) is 66.3 Å². The molecule has 1 aromatic rings. The molecule has 0 spiro atoms. The second kappa shape index (κ2) is 16.0. The summed E-state index contributed by atoms with van der Waals surface area (Å²) in [5, 5.41) is 8.12. The number of benzene rings is 1. The molecule has 0 bridgehead atoms. The minimum Gasteiger partial charge on any atom is -0.465 e. The van der Waals surface area contributed by atoms with Crippen LogP contribution in [0.2, 0.25) is 10.0 Å². The summed E-state index contributed by atoms with van der Waals surface area (Å²) in [6.45, 7) is 13.3. The van der Waals surface area contributed by atoms with Gasteiger partial charge in [0.05, 0.1) is 13.2 Å². The number of carbonyl (C=O) groups excluding carboxylic acids is 1. The first-order valence-electron chi connectivity index (χ1n) is 12.4. The Labute approximate surface area is 215 Å². The van der Waals surface area contributed by atoms with Crippen LogP contribution in [-0.4, -0.2) is 68.2 Å². The highest BCUT2D eigenvalue weighted by Gasteiger charge is 2.19. The molecule has 0 atom stereocenters. The number of piperazine rings is 1. The lowest BCUT2D eigenvalue weighted by atomic mass is 10.1. The minimum atomic E-state index is -0.199. The molecular weight excluding hydrogens is 471 g/mol.